The van der Waals surface area contributed by atoms with Crippen molar-refractivity contribution in [2.45, 2.75) is 39.3 Å². The van der Waals surface area contributed by atoms with E-state index in [1.807, 2.05) is 0 Å². The van der Waals surface area contributed by atoms with E-state index >= 15 is 0 Å². The first-order valence-electron chi connectivity index (χ1n) is 8.87. The molecule has 138 valence electrons. The fourth-order valence-corrected chi connectivity index (χ4v) is 4.61. The highest BCUT2D eigenvalue weighted by atomic mass is 127. The molecule has 0 aliphatic rings. The standard InChI is InChI=1S/C21H26INO2Si/c1-21(2,3)17-9-7-14(19(20(17)24-4)25-26(5)6)13-8-10-18(22)16-12-23-11-15(13)16/h7-12,23,26H,1-6H3. The van der Waals surface area contributed by atoms with Gasteiger partial charge in [0, 0.05) is 37.9 Å². The average molecular weight is 479 g/mol. The molecule has 3 nitrogen and oxygen atoms in total. The number of aromatic nitrogens is 1. The Balaban J connectivity index is 2.33. The Hall–Kier alpha value is -1.47. The van der Waals surface area contributed by atoms with E-state index in [0.29, 0.717) is 0 Å². The van der Waals surface area contributed by atoms with Crippen molar-refractivity contribution in [1.82, 2.24) is 4.98 Å². The van der Waals surface area contributed by atoms with Crippen molar-refractivity contribution in [3.63, 3.8) is 0 Å². The quantitative estimate of drug-likeness (QED) is 0.362. The number of H-pyrrole nitrogens is 1. The van der Waals surface area contributed by atoms with Crippen LogP contribution in [0.15, 0.2) is 36.7 Å². The smallest absolute Gasteiger partial charge is 0.229 e. The lowest BCUT2D eigenvalue weighted by Crippen LogP contribution is -2.17. The molecule has 0 saturated heterocycles. The van der Waals surface area contributed by atoms with Crippen molar-refractivity contribution >= 4 is 42.4 Å². The molecule has 0 aliphatic heterocycles. The summed E-state index contributed by atoms with van der Waals surface area (Å²) in [5.41, 5.74) is 3.42. The van der Waals surface area contributed by atoms with E-state index in [0.717, 1.165) is 17.1 Å². The highest BCUT2D eigenvalue weighted by Gasteiger charge is 2.25. The first-order valence-corrected chi connectivity index (χ1v) is 12.7. The van der Waals surface area contributed by atoms with E-state index in [2.05, 4.69) is 98.1 Å². The zero-order chi connectivity index (χ0) is 19.1. The maximum absolute atomic E-state index is 6.42. The number of fused-ring (bicyclic) bond motifs is 1. The first kappa shape index (κ1) is 19.3. The van der Waals surface area contributed by atoms with Crippen molar-refractivity contribution in [1.29, 1.82) is 0 Å². The molecule has 0 spiro atoms. The van der Waals surface area contributed by atoms with E-state index in [4.69, 9.17) is 9.16 Å². The summed E-state index contributed by atoms with van der Waals surface area (Å²) in [6.07, 6.45) is 4.12. The van der Waals surface area contributed by atoms with E-state index in [9.17, 15) is 0 Å². The number of nitrogens with one attached hydrogen (secondary N) is 1. The van der Waals surface area contributed by atoms with E-state index in [1.165, 1.54) is 25.5 Å². The number of ether oxygens (including phenoxy) is 1. The third-order valence-corrected chi connectivity index (χ3v) is 6.11. The van der Waals surface area contributed by atoms with E-state index < -0.39 is 9.04 Å². The minimum Gasteiger partial charge on any atom is -0.544 e. The van der Waals surface area contributed by atoms with Crippen molar-refractivity contribution < 1.29 is 9.16 Å². The zero-order valence-electron chi connectivity index (χ0n) is 16.2. The Morgan fingerprint density at radius 3 is 2.19 bits per heavy atom. The molecule has 1 aromatic heterocycles. The second-order valence-electron chi connectivity index (χ2n) is 7.82. The lowest BCUT2D eigenvalue weighted by Gasteiger charge is -2.26. The third kappa shape index (κ3) is 3.51. The predicted octanol–water partition coefficient (Wildman–Crippen LogP) is 6.11. The van der Waals surface area contributed by atoms with Gasteiger partial charge in [0.1, 0.15) is 0 Å². The van der Waals surface area contributed by atoms with Crippen LogP contribution in [0.1, 0.15) is 26.3 Å². The number of hydrogen-bond donors (Lipinski definition) is 1. The minimum absolute atomic E-state index is 0.0179. The largest absolute Gasteiger partial charge is 0.544 e. The number of methoxy groups -OCH3 is 1. The van der Waals surface area contributed by atoms with Gasteiger partial charge < -0.3 is 14.1 Å². The molecule has 0 amide bonds. The molecular formula is C21H26INO2Si. The molecule has 3 rings (SSSR count). The topological polar surface area (TPSA) is 34.2 Å². The van der Waals surface area contributed by atoms with Gasteiger partial charge >= 0.3 is 0 Å². The molecule has 0 radical (unpaired) electrons. The molecule has 2 aromatic carbocycles. The van der Waals surface area contributed by atoms with Gasteiger partial charge in [0.2, 0.25) is 9.04 Å². The van der Waals surface area contributed by atoms with Gasteiger partial charge in [0.05, 0.1) is 7.11 Å². The van der Waals surface area contributed by atoms with Crippen LogP contribution in [0.4, 0.5) is 0 Å². The summed E-state index contributed by atoms with van der Waals surface area (Å²) < 4.78 is 13.5. The summed E-state index contributed by atoms with van der Waals surface area (Å²) in [6.45, 7) is 11.0. The first-order chi connectivity index (χ1) is 12.2. The van der Waals surface area contributed by atoms with Crippen LogP contribution >= 0.6 is 22.6 Å². The summed E-state index contributed by atoms with van der Waals surface area (Å²) in [5.74, 6) is 1.74. The highest BCUT2D eigenvalue weighted by molar-refractivity contribution is 14.1. The van der Waals surface area contributed by atoms with Crippen LogP contribution in [-0.4, -0.2) is 21.1 Å². The molecule has 26 heavy (non-hydrogen) atoms. The summed E-state index contributed by atoms with van der Waals surface area (Å²) in [7, 11) is 0.427. The molecule has 3 aromatic rings. The second-order valence-corrected chi connectivity index (χ2v) is 11.3. The van der Waals surface area contributed by atoms with Gasteiger partial charge in [-0.1, -0.05) is 39.0 Å². The minimum atomic E-state index is -1.31. The van der Waals surface area contributed by atoms with Gasteiger partial charge in [-0.2, -0.15) is 0 Å². The van der Waals surface area contributed by atoms with E-state index in [-0.39, 0.29) is 5.41 Å². The van der Waals surface area contributed by atoms with Crippen LogP contribution in [0.3, 0.4) is 0 Å². The van der Waals surface area contributed by atoms with Gasteiger partial charge in [0.25, 0.3) is 0 Å². The van der Waals surface area contributed by atoms with Crippen LogP contribution in [0.5, 0.6) is 11.5 Å². The van der Waals surface area contributed by atoms with Crippen molar-refractivity contribution in [3.05, 3.63) is 45.8 Å². The fourth-order valence-electron chi connectivity index (χ4n) is 3.28. The zero-order valence-corrected chi connectivity index (χ0v) is 19.5. The number of rotatable bonds is 4. The predicted molar refractivity (Wildman–Crippen MR) is 121 cm³/mol. The van der Waals surface area contributed by atoms with E-state index in [1.54, 1.807) is 7.11 Å². The van der Waals surface area contributed by atoms with Crippen LogP contribution < -0.4 is 9.16 Å². The van der Waals surface area contributed by atoms with Crippen molar-refractivity contribution in [2.75, 3.05) is 7.11 Å². The maximum atomic E-state index is 6.42. The number of benzene rings is 2. The van der Waals surface area contributed by atoms with Crippen LogP contribution in [0.2, 0.25) is 13.1 Å². The Morgan fingerprint density at radius 2 is 1.58 bits per heavy atom. The Kier molecular flexibility index (Phi) is 5.39. The monoisotopic (exact) mass is 479 g/mol. The molecule has 0 aliphatic carbocycles. The molecule has 1 N–H and O–H groups in total. The molecule has 0 bridgehead atoms. The summed E-state index contributed by atoms with van der Waals surface area (Å²) in [5, 5.41) is 2.44. The average Bonchev–Trinajstić information content (AvgIpc) is 3.04. The Morgan fingerprint density at radius 1 is 0.923 bits per heavy atom. The maximum Gasteiger partial charge on any atom is 0.229 e. The number of hydrogen-bond acceptors (Lipinski definition) is 2. The molecular weight excluding hydrogens is 453 g/mol. The van der Waals surface area contributed by atoms with Crippen molar-refractivity contribution in [2.24, 2.45) is 0 Å². The summed E-state index contributed by atoms with van der Waals surface area (Å²) in [4.78, 5) is 3.24. The number of aromatic amines is 1. The second kappa shape index (κ2) is 7.27. The Labute approximate surface area is 171 Å². The third-order valence-electron chi connectivity index (χ3n) is 4.46. The van der Waals surface area contributed by atoms with Crippen LogP contribution in [0, 0.1) is 3.57 Å². The van der Waals surface area contributed by atoms with Crippen LogP contribution in [-0.2, 0) is 5.41 Å². The van der Waals surface area contributed by atoms with Gasteiger partial charge in [-0.05, 0) is 52.7 Å². The molecule has 0 unspecified atom stereocenters. The van der Waals surface area contributed by atoms with Crippen molar-refractivity contribution in [3.8, 4) is 22.6 Å². The molecule has 0 saturated carbocycles. The van der Waals surface area contributed by atoms with Gasteiger partial charge in [-0.15, -0.1) is 0 Å². The van der Waals surface area contributed by atoms with Gasteiger partial charge in [-0.25, -0.2) is 0 Å². The normalized spacial score (nSPS) is 12.0. The summed E-state index contributed by atoms with van der Waals surface area (Å²) in [6, 6.07) is 8.70. The summed E-state index contributed by atoms with van der Waals surface area (Å²) >= 11 is 2.38. The molecule has 0 fully saturated rings. The lowest BCUT2D eigenvalue weighted by molar-refractivity contribution is 0.379. The van der Waals surface area contributed by atoms with Crippen LogP contribution in [0.25, 0.3) is 21.9 Å². The lowest BCUT2D eigenvalue weighted by atomic mass is 9.84. The molecule has 5 heteroatoms. The van der Waals surface area contributed by atoms with Gasteiger partial charge in [0.15, 0.2) is 11.5 Å². The highest BCUT2D eigenvalue weighted by Crippen LogP contribution is 2.46. The Bertz CT molecular complexity index is 941. The molecule has 0 atom stereocenters. The van der Waals surface area contributed by atoms with Gasteiger partial charge in [-0.3, -0.25) is 0 Å². The fraction of sp³-hybridized carbons (Fsp3) is 0.333. The number of halogens is 1. The molecule has 1 heterocycles. The SMILES string of the molecule is COc1c(C(C)(C)C)ccc(-c2ccc(I)c3c[nH]cc23)c1O[SiH](C)C.